The molecule has 4 N–H and O–H groups in total. The zero-order valence-electron chi connectivity index (χ0n) is 11.5. The molecule has 6 heteroatoms. The van der Waals surface area contributed by atoms with Crippen LogP contribution in [-0.2, 0) is 0 Å². The van der Waals surface area contributed by atoms with Crippen molar-refractivity contribution < 1.29 is 9.90 Å². The van der Waals surface area contributed by atoms with E-state index in [0.29, 0.717) is 17.9 Å². The molecule has 0 radical (unpaired) electrons. The second-order valence-corrected chi connectivity index (χ2v) is 4.27. The highest BCUT2D eigenvalue weighted by atomic mass is 16.3. The van der Waals surface area contributed by atoms with E-state index in [1.54, 1.807) is 17.0 Å². The van der Waals surface area contributed by atoms with Gasteiger partial charge in [-0.05, 0) is 25.0 Å². The standard InChI is InChI=1S/C13H22N4O2/c1-3-11(4-2)17(7-8-18)13(19)12-9-10(16-14)5-6-15-12/h5-6,9,11,18H,3-4,7-8,14H2,1-2H3,(H,15,16). The molecule has 6 nitrogen and oxygen atoms in total. The molecule has 0 aliphatic heterocycles. The molecular weight excluding hydrogens is 244 g/mol. The molecule has 0 fully saturated rings. The Morgan fingerprint density at radius 3 is 2.74 bits per heavy atom. The predicted octanol–water partition coefficient (Wildman–Crippen LogP) is 0.990. The van der Waals surface area contributed by atoms with E-state index in [9.17, 15) is 4.79 Å². The van der Waals surface area contributed by atoms with Crippen molar-refractivity contribution in [1.29, 1.82) is 0 Å². The highest BCUT2D eigenvalue weighted by Gasteiger charge is 2.22. The fourth-order valence-electron chi connectivity index (χ4n) is 2.07. The average Bonchev–Trinajstić information content (AvgIpc) is 2.47. The summed E-state index contributed by atoms with van der Waals surface area (Å²) in [6.07, 6.45) is 3.22. The zero-order chi connectivity index (χ0) is 14.3. The second-order valence-electron chi connectivity index (χ2n) is 4.27. The quantitative estimate of drug-likeness (QED) is 0.505. The number of aliphatic hydroxyl groups excluding tert-OH is 1. The van der Waals surface area contributed by atoms with Gasteiger partial charge in [0.25, 0.3) is 5.91 Å². The summed E-state index contributed by atoms with van der Waals surface area (Å²) in [5, 5.41) is 9.13. The summed E-state index contributed by atoms with van der Waals surface area (Å²) in [5.74, 6) is 5.14. The number of anilines is 1. The van der Waals surface area contributed by atoms with E-state index in [0.717, 1.165) is 12.8 Å². The number of nitrogen functional groups attached to an aromatic ring is 1. The first-order chi connectivity index (χ1) is 9.17. The number of aromatic nitrogens is 1. The van der Waals surface area contributed by atoms with Crippen LogP contribution in [0.1, 0.15) is 37.2 Å². The molecule has 0 aliphatic rings. The summed E-state index contributed by atoms with van der Waals surface area (Å²) < 4.78 is 0. The van der Waals surface area contributed by atoms with Crippen LogP contribution in [0.3, 0.4) is 0 Å². The van der Waals surface area contributed by atoms with Crippen LogP contribution < -0.4 is 11.3 Å². The van der Waals surface area contributed by atoms with E-state index in [1.807, 2.05) is 13.8 Å². The van der Waals surface area contributed by atoms with Gasteiger partial charge in [0.15, 0.2) is 0 Å². The number of hydrogen-bond acceptors (Lipinski definition) is 5. The third-order valence-electron chi connectivity index (χ3n) is 3.13. The van der Waals surface area contributed by atoms with Crippen molar-refractivity contribution >= 4 is 11.6 Å². The molecule has 0 saturated carbocycles. The van der Waals surface area contributed by atoms with Crippen LogP contribution in [0.15, 0.2) is 18.3 Å². The first kappa shape index (κ1) is 15.4. The summed E-state index contributed by atoms with van der Waals surface area (Å²) in [7, 11) is 0. The van der Waals surface area contributed by atoms with Gasteiger partial charge in [-0.25, -0.2) is 0 Å². The second kappa shape index (κ2) is 7.70. The van der Waals surface area contributed by atoms with Crippen LogP contribution in [0.25, 0.3) is 0 Å². The van der Waals surface area contributed by atoms with Crippen molar-refractivity contribution in [2.75, 3.05) is 18.6 Å². The summed E-state index contributed by atoms with van der Waals surface area (Å²) >= 11 is 0. The number of carbonyl (C=O) groups is 1. The number of aliphatic hydroxyl groups is 1. The lowest BCUT2D eigenvalue weighted by Gasteiger charge is -2.29. The smallest absolute Gasteiger partial charge is 0.272 e. The lowest BCUT2D eigenvalue weighted by Crippen LogP contribution is -2.42. The van der Waals surface area contributed by atoms with E-state index in [-0.39, 0.29) is 18.6 Å². The third kappa shape index (κ3) is 3.90. The first-order valence-corrected chi connectivity index (χ1v) is 6.52. The molecule has 1 aromatic heterocycles. The van der Waals surface area contributed by atoms with E-state index >= 15 is 0 Å². The van der Waals surface area contributed by atoms with Gasteiger partial charge in [0, 0.05) is 18.8 Å². The van der Waals surface area contributed by atoms with Gasteiger partial charge in [0.05, 0.1) is 12.3 Å². The molecule has 0 unspecified atom stereocenters. The maximum Gasteiger partial charge on any atom is 0.272 e. The van der Waals surface area contributed by atoms with Gasteiger partial charge in [0.1, 0.15) is 5.69 Å². The summed E-state index contributed by atoms with van der Waals surface area (Å²) in [5.41, 5.74) is 3.45. The van der Waals surface area contributed by atoms with Gasteiger partial charge in [-0.1, -0.05) is 13.8 Å². The Bertz CT molecular complexity index is 407. The predicted molar refractivity (Wildman–Crippen MR) is 74.5 cm³/mol. The molecular formula is C13H22N4O2. The van der Waals surface area contributed by atoms with Crippen LogP contribution in [0, 0.1) is 0 Å². The summed E-state index contributed by atoms with van der Waals surface area (Å²) in [4.78, 5) is 18.2. The number of hydrazine groups is 1. The fraction of sp³-hybridized carbons (Fsp3) is 0.538. The minimum Gasteiger partial charge on any atom is -0.395 e. The maximum atomic E-state index is 12.4. The monoisotopic (exact) mass is 266 g/mol. The highest BCUT2D eigenvalue weighted by Crippen LogP contribution is 2.14. The van der Waals surface area contributed by atoms with Crippen LogP contribution in [0.5, 0.6) is 0 Å². The molecule has 1 rings (SSSR count). The Balaban J connectivity index is 2.97. The number of rotatable bonds is 7. The third-order valence-corrected chi connectivity index (χ3v) is 3.13. The zero-order valence-corrected chi connectivity index (χ0v) is 11.5. The minimum absolute atomic E-state index is 0.0585. The van der Waals surface area contributed by atoms with Gasteiger partial charge in [-0.3, -0.25) is 15.6 Å². The Morgan fingerprint density at radius 1 is 1.53 bits per heavy atom. The van der Waals surface area contributed by atoms with Crippen molar-refractivity contribution in [3.05, 3.63) is 24.0 Å². The fourth-order valence-corrected chi connectivity index (χ4v) is 2.07. The Labute approximate surface area is 113 Å². The Hall–Kier alpha value is -1.66. The molecule has 106 valence electrons. The Kier molecular flexibility index (Phi) is 6.24. The number of hydrogen-bond donors (Lipinski definition) is 3. The van der Waals surface area contributed by atoms with Crippen LogP contribution >= 0.6 is 0 Å². The molecule has 0 aliphatic carbocycles. The van der Waals surface area contributed by atoms with Crippen molar-refractivity contribution in [3.8, 4) is 0 Å². The van der Waals surface area contributed by atoms with Crippen molar-refractivity contribution in [3.63, 3.8) is 0 Å². The van der Waals surface area contributed by atoms with Crippen LogP contribution in [0.2, 0.25) is 0 Å². The first-order valence-electron chi connectivity index (χ1n) is 6.52. The van der Waals surface area contributed by atoms with Crippen LogP contribution in [-0.4, -0.2) is 40.1 Å². The number of nitrogens with zero attached hydrogens (tertiary/aromatic N) is 2. The van der Waals surface area contributed by atoms with Crippen LogP contribution in [0.4, 0.5) is 5.69 Å². The SMILES string of the molecule is CCC(CC)N(CCO)C(=O)c1cc(NN)ccn1. The topological polar surface area (TPSA) is 91.5 Å². The number of pyridine rings is 1. The highest BCUT2D eigenvalue weighted by molar-refractivity contribution is 5.93. The van der Waals surface area contributed by atoms with E-state index in [1.165, 1.54) is 6.20 Å². The van der Waals surface area contributed by atoms with E-state index in [2.05, 4.69) is 10.4 Å². The van der Waals surface area contributed by atoms with Gasteiger partial charge >= 0.3 is 0 Å². The maximum absolute atomic E-state index is 12.4. The molecule has 0 aromatic carbocycles. The number of amides is 1. The number of nitrogens with two attached hydrogens (primary N) is 1. The van der Waals surface area contributed by atoms with Gasteiger partial charge in [-0.2, -0.15) is 0 Å². The Morgan fingerprint density at radius 2 is 2.21 bits per heavy atom. The lowest BCUT2D eigenvalue weighted by atomic mass is 10.1. The molecule has 0 bridgehead atoms. The minimum atomic E-state index is -0.181. The molecule has 1 aromatic rings. The molecule has 0 atom stereocenters. The molecule has 19 heavy (non-hydrogen) atoms. The van der Waals surface area contributed by atoms with Crippen molar-refractivity contribution in [2.24, 2.45) is 5.84 Å². The molecule has 1 heterocycles. The normalized spacial score (nSPS) is 10.6. The van der Waals surface area contributed by atoms with Crippen molar-refractivity contribution in [2.45, 2.75) is 32.7 Å². The molecule has 1 amide bonds. The molecule has 0 saturated heterocycles. The van der Waals surface area contributed by atoms with E-state index in [4.69, 9.17) is 10.9 Å². The number of nitrogens with one attached hydrogen (secondary N) is 1. The van der Waals surface area contributed by atoms with Gasteiger partial charge in [0.2, 0.25) is 0 Å². The summed E-state index contributed by atoms with van der Waals surface area (Å²) in [6.45, 7) is 4.30. The average molecular weight is 266 g/mol. The summed E-state index contributed by atoms with van der Waals surface area (Å²) in [6, 6.07) is 3.40. The number of carbonyl (C=O) groups excluding carboxylic acids is 1. The van der Waals surface area contributed by atoms with E-state index < -0.39 is 0 Å². The van der Waals surface area contributed by atoms with Gasteiger partial charge in [-0.15, -0.1) is 0 Å². The largest absolute Gasteiger partial charge is 0.395 e. The molecule has 0 spiro atoms. The lowest BCUT2D eigenvalue weighted by molar-refractivity contribution is 0.0616. The van der Waals surface area contributed by atoms with Gasteiger partial charge < -0.3 is 15.4 Å². The van der Waals surface area contributed by atoms with Crippen molar-refractivity contribution in [1.82, 2.24) is 9.88 Å².